The predicted octanol–water partition coefficient (Wildman–Crippen LogP) is 6.05. The Balaban J connectivity index is 1.35. The van der Waals surface area contributed by atoms with E-state index in [1.54, 1.807) is 67.6 Å². The minimum Gasteiger partial charge on any atom is -0.507 e. The number of halogens is 2. The standard InChI is InChI=1S/C33H26Cl2N2O5/c1-16-3-2-4-22(29(16)38)26-21-13-14-23-27(32(41)36(30(23)39)19-9-5-17(34)6-10-19)24(21)15-25-28(26)33(42)37(31(25)40)20-11-7-18(35)8-12-20/h2-13,23-28,38H,14-15H2,1H3/t23-,24+,25+,26+,27-,28+/m0/s1. The van der Waals surface area contributed by atoms with E-state index in [-0.39, 0.29) is 35.8 Å². The summed E-state index contributed by atoms with van der Waals surface area (Å²) in [6.07, 6.45) is 2.55. The molecule has 212 valence electrons. The normalized spacial score (nSPS) is 28.5. The highest BCUT2D eigenvalue weighted by atomic mass is 35.5. The van der Waals surface area contributed by atoms with Crippen LogP contribution in [0.1, 0.15) is 29.9 Å². The summed E-state index contributed by atoms with van der Waals surface area (Å²) in [5.41, 5.74) is 2.90. The van der Waals surface area contributed by atoms with Gasteiger partial charge in [-0.05, 0) is 79.8 Å². The third kappa shape index (κ3) is 3.87. The van der Waals surface area contributed by atoms with E-state index in [9.17, 15) is 24.3 Å². The van der Waals surface area contributed by atoms with Crippen LogP contribution in [0.3, 0.4) is 0 Å². The molecule has 2 heterocycles. The lowest BCUT2D eigenvalue weighted by atomic mass is 9.57. The molecule has 7 nitrogen and oxygen atoms in total. The summed E-state index contributed by atoms with van der Waals surface area (Å²) in [5.74, 6) is -5.08. The van der Waals surface area contributed by atoms with Crippen molar-refractivity contribution in [1.29, 1.82) is 0 Å². The zero-order chi connectivity index (χ0) is 29.4. The summed E-state index contributed by atoms with van der Waals surface area (Å²) < 4.78 is 0. The Bertz CT molecular complexity index is 1700. The fraction of sp³-hybridized carbons (Fsp3) is 0.273. The van der Waals surface area contributed by atoms with Crippen molar-refractivity contribution in [3.63, 3.8) is 0 Å². The number of carbonyl (C=O) groups excluding carboxylic acids is 4. The van der Waals surface area contributed by atoms with Gasteiger partial charge in [0.05, 0.1) is 35.0 Å². The van der Waals surface area contributed by atoms with Gasteiger partial charge in [0, 0.05) is 21.5 Å². The number of amides is 4. The van der Waals surface area contributed by atoms with E-state index in [4.69, 9.17) is 23.2 Å². The summed E-state index contributed by atoms with van der Waals surface area (Å²) in [6, 6.07) is 18.5. The van der Waals surface area contributed by atoms with Crippen molar-refractivity contribution >= 4 is 58.2 Å². The number of carbonyl (C=O) groups is 4. The second kappa shape index (κ2) is 9.82. The molecule has 0 spiro atoms. The second-order valence-electron chi connectivity index (χ2n) is 11.5. The zero-order valence-corrected chi connectivity index (χ0v) is 24.0. The predicted molar refractivity (Wildman–Crippen MR) is 158 cm³/mol. The van der Waals surface area contributed by atoms with Crippen molar-refractivity contribution in [3.8, 4) is 5.75 Å². The number of nitrogens with zero attached hydrogens (tertiary/aromatic N) is 2. The Morgan fingerprint density at radius 3 is 1.83 bits per heavy atom. The number of aryl methyl sites for hydroxylation is 1. The molecule has 6 atom stereocenters. The van der Waals surface area contributed by atoms with Crippen molar-refractivity contribution in [2.75, 3.05) is 9.80 Å². The highest BCUT2D eigenvalue weighted by molar-refractivity contribution is 6.31. The molecule has 0 unspecified atom stereocenters. The molecule has 9 heteroatoms. The fourth-order valence-electron chi connectivity index (χ4n) is 7.56. The summed E-state index contributed by atoms with van der Waals surface area (Å²) >= 11 is 12.1. The number of anilines is 2. The number of imide groups is 2. The number of rotatable bonds is 3. The van der Waals surface area contributed by atoms with E-state index in [2.05, 4.69) is 0 Å². The Morgan fingerprint density at radius 2 is 1.24 bits per heavy atom. The SMILES string of the molecule is Cc1cccc([C@H]2C3=CC[C@@H]4C(=O)N(c5ccc(Cl)cc5)C(=O)[C@@H]4[C@@H]3C[C@H]3C(=O)N(c4ccc(Cl)cc4)C(=O)[C@@H]23)c1O. The molecule has 42 heavy (non-hydrogen) atoms. The van der Waals surface area contributed by atoms with Crippen molar-refractivity contribution < 1.29 is 24.3 Å². The van der Waals surface area contributed by atoms with Gasteiger partial charge in [-0.3, -0.25) is 29.0 Å². The van der Waals surface area contributed by atoms with Gasteiger partial charge in [-0.1, -0.05) is 53.1 Å². The Morgan fingerprint density at radius 1 is 0.690 bits per heavy atom. The molecular formula is C33H26Cl2N2O5. The number of aromatic hydroxyl groups is 1. The van der Waals surface area contributed by atoms with Gasteiger partial charge in [0.15, 0.2) is 0 Å². The number of phenolic OH excluding ortho intramolecular Hbond substituents is 1. The van der Waals surface area contributed by atoms with E-state index in [1.807, 2.05) is 12.1 Å². The van der Waals surface area contributed by atoms with E-state index in [0.717, 1.165) is 5.57 Å². The monoisotopic (exact) mass is 600 g/mol. The zero-order valence-electron chi connectivity index (χ0n) is 22.5. The van der Waals surface area contributed by atoms with Crippen LogP contribution in [0.25, 0.3) is 0 Å². The molecule has 0 aromatic heterocycles. The molecule has 0 radical (unpaired) electrons. The summed E-state index contributed by atoms with van der Waals surface area (Å²) in [7, 11) is 0. The molecule has 3 aromatic rings. The Labute approximate surface area is 252 Å². The molecule has 1 N–H and O–H groups in total. The average Bonchev–Trinajstić information content (AvgIpc) is 3.38. The van der Waals surface area contributed by atoms with Crippen LogP contribution in [0.5, 0.6) is 5.75 Å². The minimum atomic E-state index is -0.764. The van der Waals surface area contributed by atoms with Gasteiger partial charge < -0.3 is 5.11 Å². The Hall–Kier alpha value is -3.94. The smallest absolute Gasteiger partial charge is 0.238 e. The molecule has 7 rings (SSSR count). The second-order valence-corrected chi connectivity index (χ2v) is 12.4. The van der Waals surface area contributed by atoms with Gasteiger partial charge in [-0.2, -0.15) is 0 Å². The van der Waals surface area contributed by atoms with Gasteiger partial charge in [-0.25, -0.2) is 0 Å². The lowest BCUT2D eigenvalue weighted by molar-refractivity contribution is -0.126. The highest BCUT2D eigenvalue weighted by Gasteiger charge is 2.62. The fourth-order valence-corrected chi connectivity index (χ4v) is 7.81. The largest absolute Gasteiger partial charge is 0.507 e. The maximum absolute atomic E-state index is 14.1. The number of fused-ring (bicyclic) bond motifs is 4. The van der Waals surface area contributed by atoms with Crippen molar-refractivity contribution in [2.45, 2.75) is 25.7 Å². The summed E-state index contributed by atoms with van der Waals surface area (Å²) in [5, 5.41) is 12.2. The first-order valence-corrected chi connectivity index (χ1v) is 14.7. The topological polar surface area (TPSA) is 95.0 Å². The summed E-state index contributed by atoms with van der Waals surface area (Å²) in [6.45, 7) is 1.78. The molecular weight excluding hydrogens is 575 g/mol. The molecule has 4 aliphatic rings. The molecule has 3 fully saturated rings. The van der Waals surface area contributed by atoms with E-state index in [1.165, 1.54) is 9.80 Å². The quantitative estimate of drug-likeness (QED) is 0.291. The molecule has 2 saturated heterocycles. The number of hydrogen-bond acceptors (Lipinski definition) is 5. The third-order valence-electron chi connectivity index (χ3n) is 9.42. The molecule has 2 aliphatic carbocycles. The molecule has 2 aliphatic heterocycles. The first-order chi connectivity index (χ1) is 20.2. The van der Waals surface area contributed by atoms with Gasteiger partial charge in [0.25, 0.3) is 0 Å². The van der Waals surface area contributed by atoms with Crippen LogP contribution in [0.4, 0.5) is 11.4 Å². The summed E-state index contributed by atoms with van der Waals surface area (Å²) in [4.78, 5) is 58.2. The minimum absolute atomic E-state index is 0.0618. The first-order valence-electron chi connectivity index (χ1n) is 13.9. The van der Waals surface area contributed by atoms with Crippen LogP contribution in [-0.4, -0.2) is 28.7 Å². The number of allylic oxidation sites excluding steroid dienone is 2. The number of benzene rings is 3. The van der Waals surface area contributed by atoms with Crippen LogP contribution in [-0.2, 0) is 19.2 Å². The van der Waals surface area contributed by atoms with Gasteiger partial charge in [0.1, 0.15) is 5.75 Å². The van der Waals surface area contributed by atoms with Gasteiger partial charge in [-0.15, -0.1) is 0 Å². The average molecular weight is 601 g/mol. The third-order valence-corrected chi connectivity index (χ3v) is 9.93. The maximum atomic E-state index is 14.1. The Kier molecular flexibility index (Phi) is 6.29. The number of para-hydroxylation sites is 1. The molecule has 3 aromatic carbocycles. The van der Waals surface area contributed by atoms with E-state index < -0.39 is 35.5 Å². The number of hydrogen-bond donors (Lipinski definition) is 1. The molecule has 0 bridgehead atoms. The molecule has 1 saturated carbocycles. The van der Waals surface area contributed by atoms with Crippen LogP contribution < -0.4 is 9.80 Å². The van der Waals surface area contributed by atoms with Crippen LogP contribution in [0.15, 0.2) is 78.4 Å². The van der Waals surface area contributed by atoms with Gasteiger partial charge in [0.2, 0.25) is 23.6 Å². The lowest BCUT2D eigenvalue weighted by Gasteiger charge is -2.44. The van der Waals surface area contributed by atoms with E-state index >= 15 is 0 Å². The lowest BCUT2D eigenvalue weighted by Crippen LogP contribution is -2.43. The van der Waals surface area contributed by atoms with Crippen molar-refractivity contribution in [1.82, 2.24) is 0 Å². The molecule has 4 amide bonds. The highest BCUT2D eigenvalue weighted by Crippen LogP contribution is 2.59. The van der Waals surface area contributed by atoms with Gasteiger partial charge >= 0.3 is 0 Å². The van der Waals surface area contributed by atoms with Crippen LogP contribution >= 0.6 is 23.2 Å². The maximum Gasteiger partial charge on any atom is 0.238 e. The van der Waals surface area contributed by atoms with E-state index in [0.29, 0.717) is 39.0 Å². The van der Waals surface area contributed by atoms with Crippen LogP contribution in [0, 0.1) is 36.5 Å². The number of phenols is 1. The van der Waals surface area contributed by atoms with Crippen molar-refractivity contribution in [2.24, 2.45) is 29.6 Å². The van der Waals surface area contributed by atoms with Crippen LogP contribution in [0.2, 0.25) is 10.0 Å². The van der Waals surface area contributed by atoms with Crippen molar-refractivity contribution in [3.05, 3.63) is 99.6 Å². The first kappa shape index (κ1) is 26.9.